The summed E-state index contributed by atoms with van der Waals surface area (Å²) < 4.78 is 88.6. The molecule has 4 rings (SSSR count). The number of hydrogen-bond donors (Lipinski definition) is 3. The molecule has 2 unspecified atom stereocenters. The molecule has 4 N–H and O–H groups in total. The average Bonchev–Trinajstić information content (AvgIpc) is 2.98. The van der Waals surface area contributed by atoms with Gasteiger partial charge in [0.15, 0.2) is 11.6 Å². The van der Waals surface area contributed by atoms with Crippen LogP contribution in [0.1, 0.15) is 61.7 Å². The van der Waals surface area contributed by atoms with E-state index in [1.165, 1.54) is 31.2 Å². The summed E-state index contributed by atoms with van der Waals surface area (Å²) in [6.07, 6.45) is 4.95. The normalized spacial score (nSPS) is 22.8. The molecule has 2 aromatic carbocycles. The van der Waals surface area contributed by atoms with Gasteiger partial charge in [-0.1, -0.05) is 30.9 Å². The first-order valence-corrected chi connectivity index (χ1v) is 16.2. The lowest BCUT2D eigenvalue weighted by Crippen LogP contribution is -2.46. The van der Waals surface area contributed by atoms with Crippen molar-refractivity contribution in [3.63, 3.8) is 0 Å². The Morgan fingerprint density at radius 2 is 1.70 bits per heavy atom. The minimum absolute atomic E-state index is 0.0138. The lowest BCUT2D eigenvalue weighted by molar-refractivity contribution is -0.121. The second-order valence-corrected chi connectivity index (χ2v) is 13.5. The molecule has 0 aliphatic heterocycles. The summed E-state index contributed by atoms with van der Waals surface area (Å²) in [4.78, 5) is 25.6. The SMILES string of the molecule is COc1cc(F)c(OC2CCC(SN)CC2)cc1C(=O)NC1CCCCC1C(=O)Nc1cccc(S(=O)(=O)C(F)(F)F)c1. The molecular formula is C28H33F4N3O6S2. The van der Waals surface area contributed by atoms with Crippen molar-refractivity contribution >= 4 is 39.3 Å². The Balaban J connectivity index is 1.48. The molecule has 0 spiro atoms. The highest BCUT2D eigenvalue weighted by molar-refractivity contribution is 7.97. The number of amides is 2. The van der Waals surface area contributed by atoms with Crippen LogP contribution in [0.2, 0.25) is 0 Å². The third kappa shape index (κ3) is 7.73. The maximum absolute atomic E-state index is 14.9. The fraction of sp³-hybridized carbons (Fsp3) is 0.500. The molecule has 2 fully saturated rings. The van der Waals surface area contributed by atoms with Gasteiger partial charge in [-0.05, 0) is 62.8 Å². The lowest BCUT2D eigenvalue weighted by Gasteiger charge is -2.31. The van der Waals surface area contributed by atoms with Crippen LogP contribution in [0, 0.1) is 11.7 Å². The van der Waals surface area contributed by atoms with Crippen LogP contribution in [0.15, 0.2) is 41.3 Å². The molecule has 0 bridgehead atoms. The van der Waals surface area contributed by atoms with Crippen molar-refractivity contribution in [3.8, 4) is 11.5 Å². The van der Waals surface area contributed by atoms with E-state index in [1.807, 2.05) is 0 Å². The van der Waals surface area contributed by atoms with Gasteiger partial charge in [-0.2, -0.15) is 13.2 Å². The van der Waals surface area contributed by atoms with Gasteiger partial charge >= 0.3 is 5.51 Å². The predicted molar refractivity (Wildman–Crippen MR) is 153 cm³/mol. The highest BCUT2D eigenvalue weighted by atomic mass is 32.2. The molecule has 2 amide bonds. The Bertz CT molecular complexity index is 1430. The molecule has 2 atom stereocenters. The van der Waals surface area contributed by atoms with Crippen LogP contribution >= 0.6 is 11.9 Å². The van der Waals surface area contributed by atoms with Crippen LogP contribution < -0.4 is 25.2 Å². The summed E-state index contributed by atoms with van der Waals surface area (Å²) in [5.41, 5.74) is -5.61. The van der Waals surface area contributed by atoms with Crippen LogP contribution in [0.4, 0.5) is 23.2 Å². The molecule has 2 saturated carbocycles. The zero-order chi connectivity index (χ0) is 31.4. The van der Waals surface area contributed by atoms with Gasteiger partial charge in [0.1, 0.15) is 5.75 Å². The third-order valence-electron chi connectivity index (χ3n) is 7.74. The van der Waals surface area contributed by atoms with Crippen molar-refractivity contribution < 1.29 is 45.0 Å². The number of sulfone groups is 1. The van der Waals surface area contributed by atoms with Crippen molar-refractivity contribution in [1.82, 2.24) is 5.32 Å². The van der Waals surface area contributed by atoms with Crippen LogP contribution in [-0.2, 0) is 14.6 Å². The van der Waals surface area contributed by atoms with Crippen molar-refractivity contribution in [2.45, 2.75) is 79.2 Å². The number of alkyl halides is 3. The van der Waals surface area contributed by atoms with Gasteiger partial charge in [0.05, 0.1) is 29.6 Å². The number of halogens is 4. The highest BCUT2D eigenvalue weighted by Gasteiger charge is 2.47. The monoisotopic (exact) mass is 647 g/mol. The van der Waals surface area contributed by atoms with E-state index in [9.17, 15) is 35.6 Å². The molecule has 0 saturated heterocycles. The number of carbonyl (C=O) groups is 2. The molecule has 0 aromatic heterocycles. The Morgan fingerprint density at radius 1 is 1.00 bits per heavy atom. The largest absolute Gasteiger partial charge is 0.501 e. The van der Waals surface area contributed by atoms with Crippen LogP contribution in [0.25, 0.3) is 0 Å². The van der Waals surface area contributed by atoms with Crippen LogP contribution in [0.3, 0.4) is 0 Å². The summed E-state index contributed by atoms with van der Waals surface area (Å²) in [7, 11) is -4.31. The minimum atomic E-state index is -5.61. The molecule has 0 radical (unpaired) electrons. The van der Waals surface area contributed by atoms with Gasteiger partial charge in [-0.15, -0.1) is 0 Å². The van der Waals surface area contributed by atoms with E-state index < -0.39 is 49.8 Å². The number of benzene rings is 2. The van der Waals surface area contributed by atoms with Gasteiger partial charge < -0.3 is 20.1 Å². The molecule has 0 heterocycles. The smallest absolute Gasteiger partial charge is 0.496 e. The average molecular weight is 648 g/mol. The summed E-state index contributed by atoms with van der Waals surface area (Å²) in [5, 5.41) is 11.3. The standard InChI is InChI=1S/C28H33F4N3O6S2/c1-40-24-15-22(29)25(41-17-9-11-18(42-33)12-10-17)14-21(24)27(37)35-23-8-3-2-7-20(23)26(36)34-16-5-4-6-19(13-16)43(38,39)28(30,31)32/h4-6,13-15,17-18,20,23H,2-3,7-12,33H2,1H3,(H,34,36)(H,35,37). The first-order valence-electron chi connectivity index (χ1n) is 13.8. The van der Waals surface area contributed by atoms with Gasteiger partial charge in [0.2, 0.25) is 5.91 Å². The first-order chi connectivity index (χ1) is 20.3. The first kappa shape index (κ1) is 32.9. The molecule has 2 aliphatic carbocycles. The number of rotatable bonds is 9. The number of methoxy groups -OCH3 is 1. The molecular weight excluding hydrogens is 614 g/mol. The van der Waals surface area contributed by atoms with Crippen LogP contribution in [-0.4, -0.2) is 50.2 Å². The topological polar surface area (TPSA) is 137 Å². The van der Waals surface area contributed by atoms with Crippen molar-refractivity contribution in [3.05, 3.63) is 47.8 Å². The van der Waals surface area contributed by atoms with Gasteiger partial charge in [0.25, 0.3) is 15.7 Å². The summed E-state index contributed by atoms with van der Waals surface area (Å²) in [5.74, 6) is -2.78. The molecule has 2 aromatic rings. The number of hydrogen-bond acceptors (Lipinski definition) is 8. The van der Waals surface area contributed by atoms with Crippen LogP contribution in [0.5, 0.6) is 11.5 Å². The van der Waals surface area contributed by atoms with E-state index in [0.717, 1.165) is 37.1 Å². The second kappa shape index (κ2) is 13.7. The van der Waals surface area contributed by atoms with Gasteiger partial charge in [-0.3, -0.25) is 14.7 Å². The summed E-state index contributed by atoms with van der Waals surface area (Å²) >= 11 is 1.30. The van der Waals surface area contributed by atoms with Gasteiger partial charge in [0, 0.05) is 23.0 Å². The van der Waals surface area contributed by atoms with Gasteiger partial charge in [-0.25, -0.2) is 12.8 Å². The van der Waals surface area contributed by atoms with Crippen molar-refractivity contribution in [2.24, 2.45) is 11.1 Å². The quantitative estimate of drug-likeness (QED) is 0.245. The van der Waals surface area contributed by atoms with Crippen molar-refractivity contribution in [2.75, 3.05) is 12.4 Å². The molecule has 43 heavy (non-hydrogen) atoms. The Kier molecular flexibility index (Phi) is 10.5. The Morgan fingerprint density at radius 3 is 2.35 bits per heavy atom. The number of ether oxygens (including phenoxy) is 2. The summed E-state index contributed by atoms with van der Waals surface area (Å²) in [6.45, 7) is 0. The molecule has 9 nitrogen and oxygen atoms in total. The van der Waals surface area contributed by atoms with E-state index in [4.69, 9.17) is 14.6 Å². The number of carbonyl (C=O) groups excluding carboxylic acids is 2. The highest BCUT2D eigenvalue weighted by Crippen LogP contribution is 2.34. The van der Waals surface area contributed by atoms with E-state index in [2.05, 4.69) is 10.6 Å². The number of anilines is 1. The molecule has 236 valence electrons. The maximum atomic E-state index is 14.9. The Hall–Kier alpha value is -3.04. The fourth-order valence-corrected chi connectivity index (χ4v) is 6.76. The Labute approximate surface area is 251 Å². The summed E-state index contributed by atoms with van der Waals surface area (Å²) in [6, 6.07) is 5.58. The predicted octanol–water partition coefficient (Wildman–Crippen LogP) is 5.35. The third-order valence-corrected chi connectivity index (χ3v) is 10.1. The fourth-order valence-electron chi connectivity index (χ4n) is 5.41. The van der Waals surface area contributed by atoms with E-state index in [1.54, 1.807) is 0 Å². The number of nitrogens with one attached hydrogen (secondary N) is 2. The van der Waals surface area contributed by atoms with E-state index >= 15 is 0 Å². The molecule has 2 aliphatic rings. The van der Waals surface area contributed by atoms with E-state index in [-0.39, 0.29) is 28.9 Å². The minimum Gasteiger partial charge on any atom is -0.496 e. The zero-order valence-electron chi connectivity index (χ0n) is 23.3. The van der Waals surface area contributed by atoms with Crippen molar-refractivity contribution in [1.29, 1.82) is 0 Å². The lowest BCUT2D eigenvalue weighted by atomic mass is 9.83. The second-order valence-electron chi connectivity index (χ2n) is 10.6. The maximum Gasteiger partial charge on any atom is 0.501 e. The molecule has 15 heteroatoms. The zero-order valence-corrected chi connectivity index (χ0v) is 24.9. The van der Waals surface area contributed by atoms with E-state index in [0.29, 0.717) is 43.8 Å². The number of nitrogens with two attached hydrogens (primary N) is 1.